The molecule has 1 aromatic carbocycles. The normalized spacial score (nSPS) is 23.8. The van der Waals surface area contributed by atoms with E-state index in [9.17, 15) is 0 Å². The molecule has 116 valence electrons. The first-order valence-corrected chi connectivity index (χ1v) is 8.40. The molecular weight excluding hydrogens is 262 g/mol. The zero-order valence-electron chi connectivity index (χ0n) is 13.0. The molecule has 2 fully saturated rings. The largest absolute Gasteiger partial charge is 0.490 e. The maximum atomic E-state index is 5.83. The zero-order valence-corrected chi connectivity index (χ0v) is 13.0. The van der Waals surface area contributed by atoms with Crippen molar-refractivity contribution < 1.29 is 9.47 Å². The van der Waals surface area contributed by atoms with E-state index in [1.54, 1.807) is 0 Å². The van der Waals surface area contributed by atoms with Gasteiger partial charge in [-0.2, -0.15) is 0 Å². The van der Waals surface area contributed by atoms with Crippen LogP contribution in [0, 0.1) is 0 Å². The second-order valence-corrected chi connectivity index (χ2v) is 6.29. The van der Waals surface area contributed by atoms with Crippen LogP contribution in [0.3, 0.4) is 0 Å². The second kappa shape index (κ2) is 7.28. The van der Waals surface area contributed by atoms with Crippen LogP contribution in [0.2, 0.25) is 0 Å². The first-order valence-electron chi connectivity index (χ1n) is 8.40. The quantitative estimate of drug-likeness (QED) is 0.827. The highest BCUT2D eigenvalue weighted by atomic mass is 16.5. The number of hydrogen-bond donors (Lipinski definition) is 1. The van der Waals surface area contributed by atoms with E-state index in [2.05, 4.69) is 29.6 Å². The zero-order chi connectivity index (χ0) is 14.5. The molecule has 3 heteroatoms. The molecule has 0 bridgehead atoms. The Kier molecular flexibility index (Phi) is 5.15. The van der Waals surface area contributed by atoms with E-state index in [-0.39, 0.29) is 0 Å². The Morgan fingerprint density at radius 1 is 1.19 bits per heavy atom. The summed E-state index contributed by atoms with van der Waals surface area (Å²) in [7, 11) is 2.04. The molecule has 1 aliphatic heterocycles. The Bertz CT molecular complexity index is 421. The molecule has 2 unspecified atom stereocenters. The summed E-state index contributed by atoms with van der Waals surface area (Å²) < 4.78 is 11.6. The summed E-state index contributed by atoms with van der Waals surface area (Å²) in [5.74, 6) is 1.01. The van der Waals surface area contributed by atoms with Gasteiger partial charge in [-0.15, -0.1) is 0 Å². The van der Waals surface area contributed by atoms with E-state index in [0.29, 0.717) is 18.2 Å². The fourth-order valence-electron chi connectivity index (χ4n) is 3.02. The lowest BCUT2D eigenvalue weighted by Crippen LogP contribution is -2.23. The first kappa shape index (κ1) is 14.9. The van der Waals surface area contributed by atoms with E-state index >= 15 is 0 Å². The summed E-state index contributed by atoms with van der Waals surface area (Å²) in [5, 5.41) is 3.43. The predicted molar refractivity (Wildman–Crippen MR) is 84.7 cm³/mol. The van der Waals surface area contributed by atoms with Gasteiger partial charge in [0.1, 0.15) is 5.75 Å². The molecule has 1 aliphatic carbocycles. The molecule has 0 spiro atoms. The van der Waals surface area contributed by atoms with Gasteiger partial charge in [0, 0.05) is 12.6 Å². The van der Waals surface area contributed by atoms with E-state index in [4.69, 9.17) is 9.47 Å². The highest BCUT2D eigenvalue weighted by Crippen LogP contribution is 2.29. The van der Waals surface area contributed by atoms with E-state index in [1.807, 2.05) is 7.05 Å². The molecule has 0 radical (unpaired) electrons. The molecule has 1 saturated carbocycles. The van der Waals surface area contributed by atoms with E-state index in [1.165, 1.54) is 37.7 Å². The molecule has 21 heavy (non-hydrogen) atoms. The van der Waals surface area contributed by atoms with Gasteiger partial charge in [0.15, 0.2) is 0 Å². The van der Waals surface area contributed by atoms with Crippen molar-refractivity contribution in [3.05, 3.63) is 29.8 Å². The molecule has 0 amide bonds. The topological polar surface area (TPSA) is 30.5 Å². The fraction of sp³-hybridized carbons (Fsp3) is 0.667. The van der Waals surface area contributed by atoms with Crippen LogP contribution in [0.1, 0.15) is 56.6 Å². The maximum Gasteiger partial charge on any atom is 0.119 e. The Hall–Kier alpha value is -1.06. The predicted octanol–water partition coefficient (Wildman–Crippen LogP) is 3.84. The van der Waals surface area contributed by atoms with Crippen LogP contribution >= 0.6 is 0 Å². The van der Waals surface area contributed by atoms with Gasteiger partial charge < -0.3 is 14.8 Å². The van der Waals surface area contributed by atoms with Crippen LogP contribution in [0.15, 0.2) is 24.3 Å². The summed E-state index contributed by atoms with van der Waals surface area (Å²) in [5.41, 5.74) is 1.34. The molecule has 1 aromatic rings. The number of benzene rings is 1. The van der Waals surface area contributed by atoms with Crippen molar-refractivity contribution in [2.45, 2.75) is 63.2 Å². The number of ether oxygens (including phenoxy) is 2. The van der Waals surface area contributed by atoms with Gasteiger partial charge in [-0.05, 0) is 69.7 Å². The molecule has 3 rings (SSSR count). The lowest BCUT2D eigenvalue weighted by atomic mass is 9.97. The average molecular weight is 289 g/mol. The third kappa shape index (κ3) is 4.45. The molecule has 1 N–H and O–H groups in total. The van der Waals surface area contributed by atoms with Crippen LogP contribution in [0.5, 0.6) is 5.75 Å². The Morgan fingerprint density at radius 3 is 2.62 bits per heavy atom. The number of rotatable bonds is 7. The van der Waals surface area contributed by atoms with Gasteiger partial charge in [-0.1, -0.05) is 12.1 Å². The third-order valence-electron chi connectivity index (χ3n) is 4.51. The molecule has 2 aliphatic rings. The third-order valence-corrected chi connectivity index (χ3v) is 4.51. The monoisotopic (exact) mass is 289 g/mol. The van der Waals surface area contributed by atoms with Crippen LogP contribution in [0.4, 0.5) is 0 Å². The summed E-state index contributed by atoms with van der Waals surface area (Å²) in [6.07, 6.45) is 9.41. The smallest absolute Gasteiger partial charge is 0.119 e. The Labute approximate surface area is 128 Å². The van der Waals surface area contributed by atoms with Gasteiger partial charge in [0.05, 0.1) is 12.2 Å². The van der Waals surface area contributed by atoms with Gasteiger partial charge in [-0.3, -0.25) is 0 Å². The van der Waals surface area contributed by atoms with Crippen molar-refractivity contribution in [3.63, 3.8) is 0 Å². The standard InChI is InChI=1S/C18H27NO2/c1-19-18(12-11-15-4-2-3-13-20-15)14-5-7-16(8-6-14)21-17-9-10-17/h5-8,15,17-19H,2-4,9-13H2,1H3. The molecular formula is C18H27NO2. The summed E-state index contributed by atoms with van der Waals surface area (Å²) in [4.78, 5) is 0. The van der Waals surface area contributed by atoms with Crippen LogP contribution in [-0.2, 0) is 4.74 Å². The molecule has 1 heterocycles. The van der Waals surface area contributed by atoms with Gasteiger partial charge in [0.2, 0.25) is 0 Å². The maximum absolute atomic E-state index is 5.83. The Morgan fingerprint density at radius 2 is 2.00 bits per heavy atom. The summed E-state index contributed by atoms with van der Waals surface area (Å²) >= 11 is 0. The van der Waals surface area contributed by atoms with E-state index < -0.39 is 0 Å². The lowest BCUT2D eigenvalue weighted by molar-refractivity contribution is 0.00866. The van der Waals surface area contributed by atoms with Crippen LogP contribution < -0.4 is 10.1 Å². The Balaban J connectivity index is 1.51. The van der Waals surface area contributed by atoms with Crippen molar-refractivity contribution in [3.8, 4) is 5.75 Å². The van der Waals surface area contributed by atoms with Gasteiger partial charge in [0.25, 0.3) is 0 Å². The van der Waals surface area contributed by atoms with Crippen LogP contribution in [0.25, 0.3) is 0 Å². The molecule has 3 nitrogen and oxygen atoms in total. The van der Waals surface area contributed by atoms with Gasteiger partial charge >= 0.3 is 0 Å². The van der Waals surface area contributed by atoms with Crippen molar-refractivity contribution in [1.29, 1.82) is 0 Å². The minimum atomic E-state index is 0.408. The number of hydrogen-bond acceptors (Lipinski definition) is 3. The molecule has 0 aromatic heterocycles. The van der Waals surface area contributed by atoms with Crippen molar-refractivity contribution in [2.24, 2.45) is 0 Å². The minimum Gasteiger partial charge on any atom is -0.490 e. The van der Waals surface area contributed by atoms with Crippen molar-refractivity contribution in [2.75, 3.05) is 13.7 Å². The summed E-state index contributed by atoms with van der Waals surface area (Å²) in [6, 6.07) is 9.01. The van der Waals surface area contributed by atoms with Crippen molar-refractivity contribution >= 4 is 0 Å². The van der Waals surface area contributed by atoms with Crippen molar-refractivity contribution in [1.82, 2.24) is 5.32 Å². The average Bonchev–Trinajstić information content (AvgIpc) is 3.34. The van der Waals surface area contributed by atoms with Gasteiger partial charge in [-0.25, -0.2) is 0 Å². The van der Waals surface area contributed by atoms with Crippen LogP contribution in [-0.4, -0.2) is 25.9 Å². The first-order chi connectivity index (χ1) is 10.3. The number of nitrogens with one attached hydrogen (secondary N) is 1. The van der Waals surface area contributed by atoms with E-state index in [0.717, 1.165) is 25.2 Å². The highest BCUT2D eigenvalue weighted by Gasteiger charge is 2.23. The molecule has 2 atom stereocenters. The highest BCUT2D eigenvalue weighted by molar-refractivity contribution is 5.29. The lowest BCUT2D eigenvalue weighted by Gasteiger charge is -2.25. The second-order valence-electron chi connectivity index (χ2n) is 6.29. The minimum absolute atomic E-state index is 0.408. The fourth-order valence-corrected chi connectivity index (χ4v) is 3.02. The SMILES string of the molecule is CNC(CCC1CCCCO1)c1ccc(OC2CC2)cc1. The summed E-state index contributed by atoms with van der Waals surface area (Å²) in [6.45, 7) is 0.947. The molecule has 1 saturated heterocycles.